The van der Waals surface area contributed by atoms with Crippen LogP contribution in [-0.4, -0.2) is 57.6 Å². The number of nitrogens with one attached hydrogen (secondary N) is 2. The molecule has 0 aromatic carbocycles. The van der Waals surface area contributed by atoms with Crippen molar-refractivity contribution >= 4 is 11.4 Å². The summed E-state index contributed by atoms with van der Waals surface area (Å²) in [5.41, 5.74) is 2.96. The van der Waals surface area contributed by atoms with Crippen molar-refractivity contribution in [3.63, 3.8) is 0 Å². The number of hydrogen-bond acceptors (Lipinski definition) is 7. The van der Waals surface area contributed by atoms with Gasteiger partial charge in [0.05, 0.1) is 6.10 Å². The van der Waals surface area contributed by atoms with Crippen molar-refractivity contribution < 1.29 is 24.8 Å². The zero-order valence-electron chi connectivity index (χ0n) is 16.9. The zero-order chi connectivity index (χ0) is 20.7. The maximum atomic E-state index is 10.4. The van der Waals surface area contributed by atoms with Gasteiger partial charge >= 0.3 is 0 Å². The zero-order valence-corrected chi connectivity index (χ0v) is 16.9. The van der Waals surface area contributed by atoms with Gasteiger partial charge in [-0.1, -0.05) is 12.2 Å². The SMILES string of the molecule is CC(OCCCC(C)(O)OC(O)C1=CCC(=N)CC1)C(O)C1=CCC(=N)CC1. The van der Waals surface area contributed by atoms with Crippen molar-refractivity contribution in [2.24, 2.45) is 0 Å². The van der Waals surface area contributed by atoms with Crippen LogP contribution in [-0.2, 0) is 9.47 Å². The Kier molecular flexibility index (Phi) is 8.52. The van der Waals surface area contributed by atoms with Crippen LogP contribution in [0.25, 0.3) is 0 Å². The van der Waals surface area contributed by atoms with Gasteiger partial charge in [-0.3, -0.25) is 0 Å². The van der Waals surface area contributed by atoms with Crippen molar-refractivity contribution in [2.75, 3.05) is 6.61 Å². The lowest BCUT2D eigenvalue weighted by Crippen LogP contribution is -2.35. The normalized spacial score (nSPS) is 23.5. The summed E-state index contributed by atoms with van der Waals surface area (Å²) >= 11 is 0. The summed E-state index contributed by atoms with van der Waals surface area (Å²) in [7, 11) is 0. The van der Waals surface area contributed by atoms with E-state index in [2.05, 4.69) is 0 Å². The van der Waals surface area contributed by atoms with Crippen molar-refractivity contribution in [1.82, 2.24) is 0 Å². The fraction of sp³-hybridized carbons (Fsp3) is 0.714. The minimum Gasteiger partial charge on any atom is -0.386 e. The van der Waals surface area contributed by atoms with E-state index in [-0.39, 0.29) is 12.5 Å². The highest BCUT2D eigenvalue weighted by Crippen LogP contribution is 2.25. The van der Waals surface area contributed by atoms with Crippen molar-refractivity contribution in [3.05, 3.63) is 23.3 Å². The lowest BCUT2D eigenvalue weighted by molar-refractivity contribution is -0.261. The summed E-state index contributed by atoms with van der Waals surface area (Å²) in [5, 5.41) is 46.1. The molecule has 2 aliphatic carbocycles. The van der Waals surface area contributed by atoms with E-state index in [1.165, 1.54) is 6.92 Å². The minimum absolute atomic E-state index is 0.288. The highest BCUT2D eigenvalue weighted by molar-refractivity contribution is 5.84. The van der Waals surface area contributed by atoms with Gasteiger partial charge in [-0.2, -0.15) is 0 Å². The van der Waals surface area contributed by atoms with Crippen LogP contribution in [0.5, 0.6) is 0 Å². The van der Waals surface area contributed by atoms with E-state index in [0.29, 0.717) is 68.5 Å². The molecule has 4 unspecified atom stereocenters. The van der Waals surface area contributed by atoms with Gasteiger partial charge in [0, 0.05) is 37.3 Å². The smallest absolute Gasteiger partial charge is 0.180 e. The van der Waals surface area contributed by atoms with Crippen LogP contribution in [0.1, 0.15) is 65.2 Å². The van der Waals surface area contributed by atoms with Crippen LogP contribution in [0, 0.1) is 10.8 Å². The second-order valence-electron chi connectivity index (χ2n) is 7.94. The Morgan fingerprint density at radius 1 is 1.04 bits per heavy atom. The molecule has 0 aromatic heterocycles. The molecule has 0 saturated carbocycles. The molecule has 0 aliphatic heterocycles. The average molecular weight is 395 g/mol. The van der Waals surface area contributed by atoms with Gasteiger partial charge in [-0.05, 0) is 57.1 Å². The Morgan fingerprint density at radius 3 is 2.14 bits per heavy atom. The third-order valence-corrected chi connectivity index (χ3v) is 5.33. The third kappa shape index (κ3) is 7.22. The van der Waals surface area contributed by atoms with E-state index in [1.54, 1.807) is 6.08 Å². The fourth-order valence-electron chi connectivity index (χ4n) is 3.44. The van der Waals surface area contributed by atoms with Crippen LogP contribution < -0.4 is 0 Å². The number of aliphatic hydroxyl groups is 3. The van der Waals surface area contributed by atoms with Gasteiger partial charge in [0.15, 0.2) is 12.1 Å². The van der Waals surface area contributed by atoms with Gasteiger partial charge in [-0.25, -0.2) is 0 Å². The predicted molar refractivity (Wildman–Crippen MR) is 108 cm³/mol. The molecule has 4 atom stereocenters. The molecular formula is C21H34N2O5. The monoisotopic (exact) mass is 394 g/mol. The number of rotatable bonds is 10. The van der Waals surface area contributed by atoms with Gasteiger partial charge in [0.25, 0.3) is 0 Å². The van der Waals surface area contributed by atoms with Gasteiger partial charge in [0.1, 0.15) is 6.10 Å². The second-order valence-corrected chi connectivity index (χ2v) is 7.94. The molecule has 0 spiro atoms. The maximum Gasteiger partial charge on any atom is 0.180 e. The Morgan fingerprint density at radius 2 is 1.61 bits per heavy atom. The lowest BCUT2D eigenvalue weighted by atomic mass is 9.92. The molecule has 0 fully saturated rings. The van der Waals surface area contributed by atoms with E-state index >= 15 is 0 Å². The van der Waals surface area contributed by atoms with E-state index in [1.807, 2.05) is 13.0 Å². The van der Waals surface area contributed by atoms with Gasteiger partial charge in [-0.15, -0.1) is 0 Å². The van der Waals surface area contributed by atoms with Gasteiger partial charge < -0.3 is 35.6 Å². The largest absolute Gasteiger partial charge is 0.386 e. The van der Waals surface area contributed by atoms with Crippen LogP contribution in [0.2, 0.25) is 0 Å². The molecule has 2 rings (SSSR count). The first-order chi connectivity index (χ1) is 13.2. The number of hydrogen-bond donors (Lipinski definition) is 5. The first-order valence-electron chi connectivity index (χ1n) is 10.1. The number of ether oxygens (including phenoxy) is 2. The Labute approximate surface area is 167 Å². The first-order valence-corrected chi connectivity index (χ1v) is 10.1. The average Bonchev–Trinajstić information content (AvgIpc) is 2.65. The topological polar surface area (TPSA) is 127 Å². The number of allylic oxidation sites excluding steroid dienone is 2. The Balaban J connectivity index is 1.69. The minimum atomic E-state index is -1.48. The molecular weight excluding hydrogens is 360 g/mol. The summed E-state index contributed by atoms with van der Waals surface area (Å²) in [6.45, 7) is 3.69. The maximum absolute atomic E-state index is 10.4. The molecule has 5 N–H and O–H groups in total. The van der Waals surface area contributed by atoms with E-state index < -0.39 is 18.2 Å². The standard InChI is InChI=1S/C21H34N2O5/c1-14(19(24)15-4-8-17(22)9-5-15)27-13-3-12-21(2,26)28-20(25)16-6-10-18(23)11-7-16/h4,6,14,19-20,22-26H,3,5,7-13H2,1-2H3. The van der Waals surface area contributed by atoms with Crippen LogP contribution >= 0.6 is 0 Å². The van der Waals surface area contributed by atoms with E-state index in [9.17, 15) is 15.3 Å². The summed E-state index contributed by atoms with van der Waals surface area (Å²) in [5.74, 6) is -1.48. The quantitative estimate of drug-likeness (QED) is 0.221. The van der Waals surface area contributed by atoms with E-state index in [0.717, 1.165) is 5.57 Å². The summed E-state index contributed by atoms with van der Waals surface area (Å²) in [6.07, 6.45) is 5.99. The summed E-state index contributed by atoms with van der Waals surface area (Å²) in [4.78, 5) is 0. The molecule has 0 aromatic rings. The van der Waals surface area contributed by atoms with Crippen molar-refractivity contribution in [2.45, 2.75) is 89.5 Å². The molecule has 7 nitrogen and oxygen atoms in total. The summed E-state index contributed by atoms with van der Waals surface area (Å²) < 4.78 is 11.1. The highest BCUT2D eigenvalue weighted by atomic mass is 16.7. The molecule has 2 aliphatic rings. The molecule has 0 bridgehead atoms. The third-order valence-electron chi connectivity index (χ3n) is 5.33. The Hall–Kier alpha value is -1.38. The molecule has 7 heteroatoms. The number of aliphatic hydroxyl groups excluding tert-OH is 2. The van der Waals surface area contributed by atoms with Gasteiger partial charge in [0.2, 0.25) is 0 Å². The van der Waals surface area contributed by atoms with E-state index in [4.69, 9.17) is 20.3 Å². The van der Waals surface area contributed by atoms with Crippen LogP contribution in [0.3, 0.4) is 0 Å². The molecule has 0 heterocycles. The van der Waals surface area contributed by atoms with Crippen molar-refractivity contribution in [3.8, 4) is 0 Å². The first kappa shape index (κ1) is 22.9. The fourth-order valence-corrected chi connectivity index (χ4v) is 3.44. The molecule has 0 radical (unpaired) electrons. The Bertz CT molecular complexity index is 626. The lowest BCUT2D eigenvalue weighted by Gasteiger charge is -2.29. The summed E-state index contributed by atoms with van der Waals surface area (Å²) in [6, 6.07) is 0. The molecule has 28 heavy (non-hydrogen) atoms. The van der Waals surface area contributed by atoms with Crippen LogP contribution in [0.15, 0.2) is 23.3 Å². The predicted octanol–water partition coefficient (Wildman–Crippen LogP) is 2.84. The second kappa shape index (κ2) is 10.4. The molecule has 0 amide bonds. The van der Waals surface area contributed by atoms with Crippen molar-refractivity contribution in [1.29, 1.82) is 10.8 Å². The highest BCUT2D eigenvalue weighted by Gasteiger charge is 2.28. The molecule has 158 valence electrons. The molecule has 0 saturated heterocycles. The van der Waals surface area contributed by atoms with Crippen LogP contribution in [0.4, 0.5) is 0 Å².